The molecule has 1 saturated heterocycles. The van der Waals surface area contributed by atoms with E-state index in [-0.39, 0.29) is 0 Å². The molecule has 0 saturated carbocycles. The molecule has 0 radical (unpaired) electrons. The topological polar surface area (TPSA) is 27.1 Å². The number of rotatable bonds is 1. The van der Waals surface area contributed by atoms with Crippen LogP contribution in [0, 0.1) is 11.3 Å². The fourth-order valence-corrected chi connectivity index (χ4v) is 1.44. The molecule has 0 amide bonds. The standard InChI is InChI=1S/C8H16N2.C2H6.CH4/c1-7(9)8-3-5-10(2)6-4-8;1-2;/h8-9H,3-6H2,1-2H3;1-2H3;1H4/i;;1D. The van der Waals surface area contributed by atoms with Gasteiger partial charge in [-0.1, -0.05) is 21.3 Å². The van der Waals surface area contributed by atoms with Crippen LogP contribution in [0.2, 0.25) is 0 Å². The molecule has 0 aliphatic carbocycles. The second-order valence-electron chi connectivity index (χ2n) is 3.26. The molecule has 0 bridgehead atoms. The maximum absolute atomic E-state index is 7.44. The first-order valence-corrected chi connectivity index (χ1v) is 4.93. The monoisotopic (exact) mass is 187 g/mol. The number of piperidine rings is 1. The molecule has 0 spiro atoms. The zero-order valence-corrected chi connectivity index (χ0v) is 9.85. The highest BCUT2D eigenvalue weighted by Crippen LogP contribution is 2.16. The smallest absolute Gasteiger partial charge is 0.0194 e. The van der Waals surface area contributed by atoms with Gasteiger partial charge < -0.3 is 10.3 Å². The number of likely N-dealkylation sites (tertiary alicyclic amines) is 1. The molecule has 0 aromatic rings. The minimum absolute atomic E-state index is 0.580. The molecule has 80 valence electrons. The number of nitrogens with one attached hydrogen (secondary N) is 1. The third-order valence-electron chi connectivity index (χ3n) is 2.33. The molecule has 1 fully saturated rings. The first-order valence-electron chi connectivity index (χ1n) is 5.93. The summed E-state index contributed by atoms with van der Waals surface area (Å²) < 4.78 is 5.75. The minimum Gasteiger partial charge on any atom is -0.310 e. The van der Waals surface area contributed by atoms with E-state index in [9.17, 15) is 0 Å². The summed E-state index contributed by atoms with van der Waals surface area (Å²) in [5, 5.41) is 7.44. The van der Waals surface area contributed by atoms with Gasteiger partial charge in [-0.15, -0.1) is 0 Å². The van der Waals surface area contributed by atoms with E-state index in [1.165, 1.54) is 33.3 Å². The summed E-state index contributed by atoms with van der Waals surface area (Å²) in [4.78, 5) is 2.33. The van der Waals surface area contributed by atoms with Crippen molar-refractivity contribution in [2.45, 2.75) is 41.0 Å². The number of hydrogen-bond acceptors (Lipinski definition) is 2. The third-order valence-corrected chi connectivity index (χ3v) is 2.33. The lowest BCUT2D eigenvalue weighted by molar-refractivity contribution is 0.251. The zero-order chi connectivity index (χ0) is 11.6. The molecule has 0 aromatic heterocycles. The second-order valence-corrected chi connectivity index (χ2v) is 3.26. The summed E-state index contributed by atoms with van der Waals surface area (Å²) >= 11 is 0. The quantitative estimate of drug-likeness (QED) is 0.628. The molecule has 0 aromatic carbocycles. The Morgan fingerprint density at radius 1 is 1.38 bits per heavy atom. The van der Waals surface area contributed by atoms with Crippen LogP contribution in [-0.2, 0) is 0 Å². The van der Waals surface area contributed by atoms with Crippen molar-refractivity contribution in [3.05, 3.63) is 0 Å². The number of nitrogens with zero attached hydrogens (tertiary/aromatic N) is 1. The second kappa shape index (κ2) is 8.24. The van der Waals surface area contributed by atoms with Gasteiger partial charge >= 0.3 is 0 Å². The van der Waals surface area contributed by atoms with E-state index in [1.807, 2.05) is 20.8 Å². The van der Waals surface area contributed by atoms with E-state index in [0.29, 0.717) is 5.92 Å². The minimum atomic E-state index is 0.580. The molecule has 1 aliphatic rings. The summed E-state index contributed by atoms with van der Waals surface area (Å²) in [6, 6.07) is 0. The molecule has 1 heterocycles. The number of hydrogen-bond donors (Lipinski definition) is 1. The normalized spacial score (nSPS) is 18.7. The molecular formula is C11H26N2. The lowest BCUT2D eigenvalue weighted by atomic mass is 9.93. The lowest BCUT2D eigenvalue weighted by Gasteiger charge is -2.28. The highest BCUT2D eigenvalue weighted by Gasteiger charge is 2.17. The summed E-state index contributed by atoms with van der Waals surface area (Å²) in [7, 11) is 3.40. The van der Waals surface area contributed by atoms with Gasteiger partial charge in [0.1, 0.15) is 0 Å². The molecule has 2 nitrogen and oxygen atoms in total. The Morgan fingerprint density at radius 3 is 2.08 bits per heavy atom. The maximum Gasteiger partial charge on any atom is 0.0194 e. The summed E-state index contributed by atoms with van der Waals surface area (Å²) in [6.45, 7) is 8.26. The van der Waals surface area contributed by atoms with Gasteiger partial charge in [-0.25, -0.2) is 0 Å². The maximum atomic E-state index is 7.44. The molecule has 0 atom stereocenters. The van der Waals surface area contributed by atoms with Gasteiger partial charge in [0.05, 0.1) is 0 Å². The van der Waals surface area contributed by atoms with Crippen molar-refractivity contribution >= 4 is 5.71 Å². The Kier molecular flexibility index (Phi) is 8.00. The summed E-state index contributed by atoms with van der Waals surface area (Å²) in [5.41, 5.74) is 0.869. The van der Waals surface area contributed by atoms with Gasteiger partial charge in [-0.05, 0) is 45.8 Å². The van der Waals surface area contributed by atoms with Crippen LogP contribution in [0.4, 0.5) is 0 Å². The molecule has 13 heavy (non-hydrogen) atoms. The van der Waals surface area contributed by atoms with Crippen molar-refractivity contribution < 1.29 is 1.37 Å². The van der Waals surface area contributed by atoms with E-state index in [0.717, 1.165) is 5.71 Å². The molecule has 1 rings (SSSR count). The summed E-state index contributed by atoms with van der Waals surface area (Å²) in [5.74, 6) is 0.580. The van der Waals surface area contributed by atoms with Crippen LogP contribution in [-0.4, -0.2) is 30.7 Å². The third kappa shape index (κ3) is 5.81. The highest BCUT2D eigenvalue weighted by atomic mass is 15.1. The van der Waals surface area contributed by atoms with Crippen LogP contribution in [0.15, 0.2) is 0 Å². The molecule has 2 heteroatoms. The van der Waals surface area contributed by atoms with E-state index in [1.54, 1.807) is 0 Å². The molecular weight excluding hydrogens is 160 g/mol. The van der Waals surface area contributed by atoms with Crippen LogP contribution in [0.1, 0.15) is 42.4 Å². The van der Waals surface area contributed by atoms with Crippen molar-refractivity contribution in [3.63, 3.8) is 0 Å². The van der Waals surface area contributed by atoms with Gasteiger partial charge in [0, 0.05) is 7.08 Å². The lowest BCUT2D eigenvalue weighted by Crippen LogP contribution is -2.32. The SMILES string of the molecule is CC.CC(=N)C1CCN(C)CC1.[2H]C. The first kappa shape index (κ1) is 12.6. The van der Waals surface area contributed by atoms with Gasteiger partial charge in [0.25, 0.3) is 0 Å². The Bertz CT molecular complexity index is 129. The Balaban J connectivity index is 0. The van der Waals surface area contributed by atoms with Gasteiger partial charge in [-0.2, -0.15) is 0 Å². The van der Waals surface area contributed by atoms with E-state index >= 15 is 0 Å². The van der Waals surface area contributed by atoms with Crippen LogP contribution in [0.5, 0.6) is 0 Å². The summed E-state index contributed by atoms with van der Waals surface area (Å²) in [6.07, 6.45) is 2.37. The predicted octanol–water partition coefficient (Wildman–Crippen LogP) is 3.03. The highest BCUT2D eigenvalue weighted by molar-refractivity contribution is 5.81. The molecule has 1 aliphatic heterocycles. The van der Waals surface area contributed by atoms with Crippen molar-refractivity contribution in [1.82, 2.24) is 4.90 Å². The van der Waals surface area contributed by atoms with E-state index in [2.05, 4.69) is 11.9 Å². The van der Waals surface area contributed by atoms with Crippen molar-refractivity contribution in [1.29, 1.82) is 5.41 Å². The van der Waals surface area contributed by atoms with Gasteiger partial charge in [-0.3, -0.25) is 0 Å². The largest absolute Gasteiger partial charge is 0.310 e. The molecule has 1 N–H and O–H groups in total. The van der Waals surface area contributed by atoms with Crippen molar-refractivity contribution in [2.24, 2.45) is 5.92 Å². The zero-order valence-electron chi connectivity index (χ0n) is 10.9. The first-order chi connectivity index (χ1) is 6.70. The van der Waals surface area contributed by atoms with Gasteiger partial charge in [0.15, 0.2) is 0 Å². The van der Waals surface area contributed by atoms with Crippen molar-refractivity contribution in [2.75, 3.05) is 20.1 Å². The Morgan fingerprint density at radius 2 is 1.77 bits per heavy atom. The van der Waals surface area contributed by atoms with Crippen molar-refractivity contribution in [3.8, 4) is 0 Å². The fraction of sp³-hybridized carbons (Fsp3) is 0.909. The average molecular weight is 187 g/mol. The van der Waals surface area contributed by atoms with Crippen LogP contribution in [0.25, 0.3) is 0 Å². The van der Waals surface area contributed by atoms with Crippen LogP contribution in [0.3, 0.4) is 0 Å². The van der Waals surface area contributed by atoms with Crippen LogP contribution < -0.4 is 0 Å². The Hall–Kier alpha value is -0.370. The van der Waals surface area contributed by atoms with E-state index in [4.69, 9.17) is 6.78 Å². The average Bonchev–Trinajstić information content (AvgIpc) is 2.24. The van der Waals surface area contributed by atoms with Crippen LogP contribution >= 0.6 is 0 Å². The van der Waals surface area contributed by atoms with Gasteiger partial charge in [0.2, 0.25) is 0 Å². The molecule has 0 unspecified atom stereocenters. The predicted molar refractivity (Wildman–Crippen MR) is 61.7 cm³/mol. The van der Waals surface area contributed by atoms with E-state index < -0.39 is 0 Å². The Labute approximate surface area is 85.2 Å². The fourth-order valence-electron chi connectivity index (χ4n) is 1.44.